The Kier molecular flexibility index (Phi) is 8.39. The fraction of sp³-hybridized carbons (Fsp3) is 0. The Labute approximate surface area is 343 Å². The molecule has 9 aromatic rings. The molecule has 0 fully saturated rings. The SMILES string of the molecule is O=[P@]1(c2ccccc2)C2=C(c3ccccc3N(c3ccc(-c4cc(-c5ccc(-c6ccccc6)cc5)nc(-c5ccccc5)n4)cc3)c3ccccc32)c2ccccc21. The number of anilines is 3. The number of hydrogen-bond acceptors (Lipinski definition) is 4. The molecule has 0 unspecified atom stereocenters. The van der Waals surface area contributed by atoms with Crippen LogP contribution in [0.2, 0.25) is 0 Å². The molecule has 0 aliphatic carbocycles. The van der Waals surface area contributed by atoms with Gasteiger partial charge in [0.05, 0.1) is 22.8 Å². The average molecular weight is 774 g/mol. The Balaban J connectivity index is 1.04. The Bertz CT molecular complexity index is 3110. The molecule has 1 aromatic heterocycles. The summed E-state index contributed by atoms with van der Waals surface area (Å²) in [5.41, 5.74) is 14.1. The quantitative estimate of drug-likeness (QED) is 0.158. The number of fused-ring (bicyclic) bond motifs is 6. The van der Waals surface area contributed by atoms with Crippen molar-refractivity contribution in [2.75, 3.05) is 4.90 Å². The molecule has 0 saturated carbocycles. The highest BCUT2D eigenvalue weighted by Gasteiger charge is 2.46. The molecule has 8 aromatic carbocycles. The van der Waals surface area contributed by atoms with Gasteiger partial charge in [0.15, 0.2) is 13.0 Å². The van der Waals surface area contributed by atoms with Crippen molar-refractivity contribution >= 4 is 45.7 Å². The van der Waals surface area contributed by atoms with Crippen molar-refractivity contribution in [3.05, 3.63) is 235 Å². The Morgan fingerprint density at radius 2 is 0.847 bits per heavy atom. The summed E-state index contributed by atoms with van der Waals surface area (Å²) in [7, 11) is -3.27. The molecule has 4 nitrogen and oxygen atoms in total. The topological polar surface area (TPSA) is 46.1 Å². The fourth-order valence-corrected chi connectivity index (χ4v) is 12.0. The van der Waals surface area contributed by atoms with Gasteiger partial charge in [-0.2, -0.15) is 0 Å². The van der Waals surface area contributed by atoms with E-state index in [-0.39, 0.29) is 0 Å². The third-order valence-electron chi connectivity index (χ3n) is 11.5. The van der Waals surface area contributed by atoms with Crippen molar-refractivity contribution in [1.29, 1.82) is 0 Å². The molecular weight excluding hydrogens is 738 g/mol. The van der Waals surface area contributed by atoms with Gasteiger partial charge < -0.3 is 9.46 Å². The summed E-state index contributed by atoms with van der Waals surface area (Å²) >= 11 is 0. The highest BCUT2D eigenvalue weighted by molar-refractivity contribution is 7.88. The molecule has 2 aliphatic rings. The van der Waals surface area contributed by atoms with Crippen molar-refractivity contribution in [3.63, 3.8) is 0 Å². The lowest BCUT2D eigenvalue weighted by Gasteiger charge is -2.29. The van der Waals surface area contributed by atoms with Gasteiger partial charge >= 0.3 is 0 Å². The van der Waals surface area contributed by atoms with E-state index in [1.165, 1.54) is 5.56 Å². The summed E-state index contributed by atoms with van der Waals surface area (Å²) in [6, 6.07) is 75.1. The maximum Gasteiger partial charge on any atom is 0.172 e. The molecule has 0 radical (unpaired) electrons. The van der Waals surface area contributed by atoms with Crippen molar-refractivity contribution in [1.82, 2.24) is 9.97 Å². The number of rotatable bonds is 6. The molecule has 0 N–H and O–H groups in total. The lowest BCUT2D eigenvalue weighted by atomic mass is 9.95. The van der Waals surface area contributed by atoms with E-state index in [0.717, 1.165) is 88.9 Å². The van der Waals surface area contributed by atoms with Crippen LogP contribution in [-0.2, 0) is 4.57 Å². The zero-order valence-electron chi connectivity index (χ0n) is 32.0. The molecule has 3 heterocycles. The van der Waals surface area contributed by atoms with Crippen LogP contribution in [0.4, 0.5) is 17.1 Å². The lowest BCUT2D eigenvalue weighted by Crippen LogP contribution is -2.17. The molecule has 1 atom stereocenters. The second-order valence-corrected chi connectivity index (χ2v) is 17.5. The van der Waals surface area contributed by atoms with Crippen LogP contribution in [0.3, 0.4) is 0 Å². The molecule has 59 heavy (non-hydrogen) atoms. The predicted molar refractivity (Wildman–Crippen MR) is 244 cm³/mol. The average Bonchev–Trinajstić information content (AvgIpc) is 3.51. The van der Waals surface area contributed by atoms with Crippen molar-refractivity contribution < 1.29 is 4.57 Å². The summed E-state index contributed by atoms with van der Waals surface area (Å²) in [5, 5.41) is 2.63. The Hall–Kier alpha value is -7.39. The van der Waals surface area contributed by atoms with E-state index < -0.39 is 7.14 Å². The Morgan fingerprint density at radius 1 is 0.390 bits per heavy atom. The fourth-order valence-electron chi connectivity index (χ4n) is 8.71. The van der Waals surface area contributed by atoms with Crippen LogP contribution in [0.15, 0.2) is 218 Å². The van der Waals surface area contributed by atoms with E-state index in [2.05, 4.69) is 163 Å². The first-order valence-corrected chi connectivity index (χ1v) is 21.6. The number of aromatic nitrogens is 2. The Morgan fingerprint density at radius 3 is 1.49 bits per heavy atom. The standard InChI is InChI=1S/C54H36N3OP/c58-59(43-20-8-3-9-21-43)51-27-15-12-24-46(51)52-44-22-10-13-25-49(44)57(50-26-14-11-23-45(50)53(52)59)42-34-32-40(33-35-42)48-36-47(55-54(56-48)41-18-6-2-7-19-41)39-30-28-38(29-31-39)37-16-4-1-5-17-37/h1-36H/t59-/m0/s1. The normalized spacial score (nSPS) is 15.2. The molecule has 0 amide bonds. The second-order valence-electron chi connectivity index (χ2n) is 14.9. The maximum atomic E-state index is 16.0. The molecule has 0 spiro atoms. The number of para-hydroxylation sites is 2. The van der Waals surface area contributed by atoms with Crippen molar-refractivity contribution in [2.45, 2.75) is 0 Å². The number of benzene rings is 8. The molecule has 0 saturated heterocycles. The van der Waals surface area contributed by atoms with Crippen LogP contribution in [0, 0.1) is 0 Å². The first kappa shape index (κ1) is 34.8. The smallest absolute Gasteiger partial charge is 0.172 e. The molecule has 0 bridgehead atoms. The van der Waals surface area contributed by atoms with Crippen molar-refractivity contribution in [2.24, 2.45) is 0 Å². The highest BCUT2D eigenvalue weighted by Crippen LogP contribution is 2.68. The molecule has 278 valence electrons. The summed E-state index contributed by atoms with van der Waals surface area (Å²) in [6.07, 6.45) is 0. The van der Waals surface area contributed by atoms with E-state index >= 15 is 4.57 Å². The van der Waals surface area contributed by atoms with Crippen molar-refractivity contribution in [3.8, 4) is 45.0 Å². The minimum Gasteiger partial charge on any atom is -0.309 e. The van der Waals surface area contributed by atoms with Gasteiger partial charge in [-0.05, 0) is 47.0 Å². The van der Waals surface area contributed by atoms with E-state index in [9.17, 15) is 0 Å². The first-order chi connectivity index (χ1) is 29.1. The van der Waals surface area contributed by atoms with Crippen LogP contribution in [-0.4, -0.2) is 9.97 Å². The summed E-state index contributed by atoms with van der Waals surface area (Å²) in [4.78, 5) is 12.5. The van der Waals surface area contributed by atoms with Crippen LogP contribution < -0.4 is 15.5 Å². The van der Waals surface area contributed by atoms with Gasteiger partial charge in [0.2, 0.25) is 0 Å². The highest BCUT2D eigenvalue weighted by atomic mass is 31.2. The van der Waals surface area contributed by atoms with Gasteiger partial charge in [0.1, 0.15) is 0 Å². The van der Waals surface area contributed by atoms with E-state index in [1.54, 1.807) is 0 Å². The molecular formula is C54H36N3OP. The largest absolute Gasteiger partial charge is 0.309 e. The summed E-state index contributed by atoms with van der Waals surface area (Å²) in [6.45, 7) is 0. The third-order valence-corrected chi connectivity index (χ3v) is 14.7. The summed E-state index contributed by atoms with van der Waals surface area (Å²) in [5.74, 6) is 0.674. The number of nitrogens with zero attached hydrogens (tertiary/aromatic N) is 3. The summed E-state index contributed by atoms with van der Waals surface area (Å²) < 4.78 is 16.0. The molecule has 11 rings (SSSR count). The van der Waals surface area contributed by atoms with Crippen LogP contribution in [0.25, 0.3) is 55.9 Å². The molecule has 5 heteroatoms. The van der Waals surface area contributed by atoms with E-state index in [4.69, 9.17) is 9.97 Å². The van der Waals surface area contributed by atoms with Gasteiger partial charge in [-0.15, -0.1) is 0 Å². The van der Waals surface area contributed by atoms with Crippen LogP contribution in [0.5, 0.6) is 0 Å². The monoisotopic (exact) mass is 773 g/mol. The minimum absolute atomic E-state index is 0.674. The van der Waals surface area contributed by atoms with Crippen LogP contribution >= 0.6 is 7.14 Å². The van der Waals surface area contributed by atoms with Gasteiger partial charge in [0, 0.05) is 55.0 Å². The zero-order chi connectivity index (χ0) is 39.3. The van der Waals surface area contributed by atoms with Gasteiger partial charge in [-0.1, -0.05) is 188 Å². The lowest BCUT2D eigenvalue weighted by molar-refractivity contribution is 0.593. The van der Waals surface area contributed by atoms with Crippen LogP contribution in [0.1, 0.15) is 16.7 Å². The third kappa shape index (κ3) is 5.80. The zero-order valence-corrected chi connectivity index (χ0v) is 32.9. The van der Waals surface area contributed by atoms with Gasteiger partial charge in [-0.25, -0.2) is 9.97 Å². The van der Waals surface area contributed by atoms with Gasteiger partial charge in [0.25, 0.3) is 0 Å². The first-order valence-electron chi connectivity index (χ1n) is 19.9. The van der Waals surface area contributed by atoms with Gasteiger partial charge in [-0.3, -0.25) is 0 Å². The van der Waals surface area contributed by atoms with E-state index in [1.807, 2.05) is 60.7 Å². The minimum atomic E-state index is -3.27. The van der Waals surface area contributed by atoms with E-state index in [0.29, 0.717) is 5.82 Å². The molecule has 2 aliphatic heterocycles. The predicted octanol–water partition coefficient (Wildman–Crippen LogP) is 13.2. The second kappa shape index (κ2) is 14.2. The maximum absolute atomic E-state index is 16.0. The number of hydrogen-bond donors (Lipinski definition) is 0.